The number of aliphatic imine (C=N–C) groups is 1. The number of rotatable bonds is 4. The first kappa shape index (κ1) is 17.8. The molecule has 3 rings (SSSR count). The topological polar surface area (TPSA) is 51.1 Å². The Morgan fingerprint density at radius 2 is 1.92 bits per heavy atom. The van der Waals surface area contributed by atoms with E-state index in [1.54, 1.807) is 0 Å². The summed E-state index contributed by atoms with van der Waals surface area (Å²) in [6.07, 6.45) is 5.72. The summed E-state index contributed by atoms with van der Waals surface area (Å²) in [6.45, 7) is 11.8. The van der Waals surface area contributed by atoms with Crippen LogP contribution in [-0.4, -0.2) is 59.6 Å². The Balaban J connectivity index is 1.67. The summed E-state index contributed by atoms with van der Waals surface area (Å²) < 4.78 is 0. The first-order chi connectivity index (χ1) is 12.1. The van der Waals surface area contributed by atoms with Crippen molar-refractivity contribution in [1.29, 1.82) is 0 Å². The molecule has 0 aliphatic carbocycles. The van der Waals surface area contributed by atoms with E-state index in [0.29, 0.717) is 18.3 Å². The van der Waals surface area contributed by atoms with Crippen LogP contribution in [0.5, 0.6) is 5.75 Å². The van der Waals surface area contributed by atoms with E-state index in [-0.39, 0.29) is 0 Å². The number of aromatic hydroxyl groups is 1. The van der Waals surface area contributed by atoms with Crippen LogP contribution in [0.25, 0.3) is 0 Å². The molecule has 0 saturated carbocycles. The molecule has 1 unspecified atom stereocenters. The highest BCUT2D eigenvalue weighted by Crippen LogP contribution is 2.23. The van der Waals surface area contributed by atoms with Gasteiger partial charge in [-0.15, -0.1) is 0 Å². The zero-order valence-electron chi connectivity index (χ0n) is 15.6. The number of hydrogen-bond donors (Lipinski definition) is 2. The molecule has 0 amide bonds. The Hall–Kier alpha value is -2.01. The van der Waals surface area contributed by atoms with Crippen LogP contribution >= 0.6 is 0 Å². The van der Waals surface area contributed by atoms with Crippen LogP contribution in [0.15, 0.2) is 29.3 Å². The molecule has 0 radical (unpaired) electrons. The van der Waals surface area contributed by atoms with Gasteiger partial charge in [0.2, 0.25) is 0 Å². The van der Waals surface area contributed by atoms with E-state index < -0.39 is 0 Å². The number of nitrogens with one attached hydrogen (secondary N) is 1. The largest absolute Gasteiger partial charge is 0.507 e. The number of hydrogen-bond acceptors (Lipinski definition) is 3. The van der Waals surface area contributed by atoms with E-state index in [1.807, 2.05) is 26.0 Å². The Bertz CT molecular complexity index is 637. The summed E-state index contributed by atoms with van der Waals surface area (Å²) in [5.41, 5.74) is 2.97. The fraction of sp³-hybridized carbons (Fsp3) is 0.550. The SMILES string of the molecule is CCNC(=NCc1cc(C)c(O)c(C)c1)N1CCC(N2CC=CC2)C1. The first-order valence-corrected chi connectivity index (χ1v) is 9.30. The molecule has 0 spiro atoms. The van der Waals surface area contributed by atoms with Crippen molar-refractivity contribution >= 4 is 5.96 Å². The molecule has 1 fully saturated rings. The molecule has 2 N–H and O–H groups in total. The van der Waals surface area contributed by atoms with Gasteiger partial charge in [0.05, 0.1) is 6.54 Å². The van der Waals surface area contributed by atoms with Gasteiger partial charge in [0, 0.05) is 38.8 Å². The molecule has 1 aromatic carbocycles. The molecule has 1 aromatic rings. The molecule has 0 bridgehead atoms. The van der Waals surface area contributed by atoms with Crippen molar-refractivity contribution in [3.63, 3.8) is 0 Å². The van der Waals surface area contributed by atoms with Gasteiger partial charge in [-0.1, -0.05) is 24.3 Å². The highest BCUT2D eigenvalue weighted by Gasteiger charge is 2.29. The fourth-order valence-corrected chi connectivity index (χ4v) is 3.75. The van der Waals surface area contributed by atoms with Crippen LogP contribution in [0.2, 0.25) is 0 Å². The monoisotopic (exact) mass is 342 g/mol. The van der Waals surface area contributed by atoms with E-state index in [0.717, 1.165) is 55.4 Å². The van der Waals surface area contributed by atoms with Crippen molar-refractivity contribution < 1.29 is 5.11 Å². The summed E-state index contributed by atoms with van der Waals surface area (Å²) in [6, 6.07) is 4.67. The van der Waals surface area contributed by atoms with E-state index in [1.165, 1.54) is 6.42 Å². The Labute approximate surface area is 151 Å². The lowest BCUT2D eigenvalue weighted by Gasteiger charge is -2.25. The number of aryl methyl sites for hydroxylation is 2. The normalized spacial score (nSPS) is 21.3. The number of benzene rings is 1. The number of nitrogens with zero attached hydrogens (tertiary/aromatic N) is 3. The Morgan fingerprint density at radius 3 is 2.56 bits per heavy atom. The predicted molar refractivity (Wildman–Crippen MR) is 103 cm³/mol. The van der Waals surface area contributed by atoms with Crippen molar-refractivity contribution in [2.75, 3.05) is 32.7 Å². The minimum Gasteiger partial charge on any atom is -0.507 e. The predicted octanol–water partition coefficient (Wildman–Crippen LogP) is 2.42. The minimum absolute atomic E-state index is 0.390. The van der Waals surface area contributed by atoms with Gasteiger partial charge in [0.15, 0.2) is 5.96 Å². The van der Waals surface area contributed by atoms with Crippen molar-refractivity contribution in [2.45, 2.75) is 39.8 Å². The molecule has 136 valence electrons. The molecule has 5 nitrogen and oxygen atoms in total. The van der Waals surface area contributed by atoms with Crippen molar-refractivity contribution in [3.05, 3.63) is 41.0 Å². The summed E-state index contributed by atoms with van der Waals surface area (Å²) in [5, 5.41) is 13.4. The molecule has 25 heavy (non-hydrogen) atoms. The second kappa shape index (κ2) is 7.91. The van der Waals surface area contributed by atoms with E-state index >= 15 is 0 Å². The van der Waals surface area contributed by atoms with Crippen LogP contribution in [0.3, 0.4) is 0 Å². The average molecular weight is 342 g/mol. The second-order valence-corrected chi connectivity index (χ2v) is 7.06. The van der Waals surface area contributed by atoms with Gasteiger partial charge in [-0.2, -0.15) is 0 Å². The molecule has 0 aromatic heterocycles. The molecule has 1 saturated heterocycles. The smallest absolute Gasteiger partial charge is 0.194 e. The number of phenols is 1. The van der Waals surface area contributed by atoms with Gasteiger partial charge in [-0.3, -0.25) is 4.90 Å². The zero-order valence-corrected chi connectivity index (χ0v) is 15.6. The maximum absolute atomic E-state index is 9.93. The highest BCUT2D eigenvalue weighted by molar-refractivity contribution is 5.80. The van der Waals surface area contributed by atoms with Crippen molar-refractivity contribution in [2.24, 2.45) is 4.99 Å². The number of phenolic OH excluding ortho intramolecular Hbond substituents is 1. The molecule has 2 aliphatic heterocycles. The van der Waals surface area contributed by atoms with Gasteiger partial charge in [-0.05, 0) is 43.9 Å². The van der Waals surface area contributed by atoms with Gasteiger partial charge >= 0.3 is 0 Å². The van der Waals surface area contributed by atoms with E-state index in [2.05, 4.69) is 34.2 Å². The Morgan fingerprint density at radius 1 is 1.24 bits per heavy atom. The van der Waals surface area contributed by atoms with Crippen LogP contribution < -0.4 is 5.32 Å². The van der Waals surface area contributed by atoms with Gasteiger partial charge in [0.1, 0.15) is 5.75 Å². The lowest BCUT2D eigenvalue weighted by Crippen LogP contribution is -2.42. The average Bonchev–Trinajstić information content (AvgIpc) is 3.27. The Kier molecular flexibility index (Phi) is 5.63. The zero-order chi connectivity index (χ0) is 17.8. The number of guanidine groups is 1. The van der Waals surface area contributed by atoms with E-state index in [4.69, 9.17) is 4.99 Å². The standard InChI is InChI=1S/C20H30N4O/c1-4-21-20(22-13-17-11-15(2)19(25)16(3)12-17)24-10-7-18(14-24)23-8-5-6-9-23/h5-6,11-12,18,25H,4,7-10,13-14H2,1-3H3,(H,21,22). The van der Waals surface area contributed by atoms with Gasteiger partial charge in [0.25, 0.3) is 0 Å². The van der Waals surface area contributed by atoms with Gasteiger partial charge in [-0.25, -0.2) is 4.99 Å². The van der Waals surface area contributed by atoms with Crippen LogP contribution in [-0.2, 0) is 6.54 Å². The minimum atomic E-state index is 0.390. The molecule has 2 aliphatic rings. The summed E-state index contributed by atoms with van der Waals surface area (Å²) >= 11 is 0. The third kappa shape index (κ3) is 4.15. The maximum Gasteiger partial charge on any atom is 0.194 e. The van der Waals surface area contributed by atoms with Gasteiger partial charge < -0.3 is 15.3 Å². The molecule has 5 heteroatoms. The summed E-state index contributed by atoms with van der Waals surface area (Å²) in [4.78, 5) is 9.77. The summed E-state index contributed by atoms with van der Waals surface area (Å²) in [7, 11) is 0. The molecule has 2 heterocycles. The van der Waals surface area contributed by atoms with Crippen molar-refractivity contribution in [1.82, 2.24) is 15.1 Å². The second-order valence-electron chi connectivity index (χ2n) is 7.06. The molecule has 1 atom stereocenters. The third-order valence-corrected chi connectivity index (χ3v) is 5.12. The van der Waals surface area contributed by atoms with Crippen molar-refractivity contribution in [3.8, 4) is 5.75 Å². The van der Waals surface area contributed by atoms with Crippen LogP contribution in [0.1, 0.15) is 30.0 Å². The highest BCUT2D eigenvalue weighted by atomic mass is 16.3. The lowest BCUT2D eigenvalue weighted by atomic mass is 10.1. The lowest BCUT2D eigenvalue weighted by molar-refractivity contribution is 0.259. The first-order valence-electron chi connectivity index (χ1n) is 9.30. The molecular weight excluding hydrogens is 312 g/mol. The van der Waals surface area contributed by atoms with Crippen LogP contribution in [0, 0.1) is 13.8 Å². The van der Waals surface area contributed by atoms with Crippen LogP contribution in [0.4, 0.5) is 0 Å². The maximum atomic E-state index is 9.93. The molecular formula is C20H30N4O. The third-order valence-electron chi connectivity index (χ3n) is 5.12. The number of likely N-dealkylation sites (tertiary alicyclic amines) is 1. The van der Waals surface area contributed by atoms with E-state index in [9.17, 15) is 5.11 Å². The quantitative estimate of drug-likeness (QED) is 0.501. The summed E-state index contributed by atoms with van der Waals surface area (Å²) in [5.74, 6) is 1.39. The fourth-order valence-electron chi connectivity index (χ4n) is 3.75.